The molecule has 1 aromatic heterocycles. The summed E-state index contributed by atoms with van der Waals surface area (Å²) in [6, 6.07) is 1.72. The fourth-order valence-corrected chi connectivity index (χ4v) is 2.16. The van der Waals surface area contributed by atoms with Crippen molar-refractivity contribution in [1.82, 2.24) is 15.2 Å². The number of carbonyl (C=O) groups is 2. The lowest BCUT2D eigenvalue weighted by atomic mass is 10.4. The standard InChI is InChI=1S/C10H12Br2ClN3O2/c1-16-7(4-6(11)9(16)12)10(18)15-3-2-14-8(17)5-13/h4H,2-3,5H2,1H3,(H,14,17)(H,15,18). The molecule has 1 rings (SSSR count). The van der Waals surface area contributed by atoms with Gasteiger partial charge in [0, 0.05) is 20.1 Å². The monoisotopic (exact) mass is 399 g/mol. The van der Waals surface area contributed by atoms with Crippen LogP contribution in [0.5, 0.6) is 0 Å². The van der Waals surface area contributed by atoms with E-state index in [4.69, 9.17) is 11.6 Å². The Morgan fingerprint density at radius 2 is 1.94 bits per heavy atom. The molecule has 0 aliphatic heterocycles. The zero-order valence-electron chi connectivity index (χ0n) is 9.60. The third kappa shape index (κ3) is 4.00. The van der Waals surface area contributed by atoms with Gasteiger partial charge in [-0.05, 0) is 37.9 Å². The van der Waals surface area contributed by atoms with Crippen molar-refractivity contribution in [2.75, 3.05) is 19.0 Å². The number of halogens is 3. The first kappa shape index (κ1) is 15.5. The number of aromatic nitrogens is 1. The number of hydrogen-bond donors (Lipinski definition) is 2. The minimum absolute atomic E-state index is 0.0777. The smallest absolute Gasteiger partial charge is 0.268 e. The van der Waals surface area contributed by atoms with E-state index in [1.807, 2.05) is 0 Å². The van der Waals surface area contributed by atoms with E-state index < -0.39 is 0 Å². The first-order valence-corrected chi connectivity index (χ1v) is 7.21. The number of amides is 2. The van der Waals surface area contributed by atoms with Gasteiger partial charge in [0.15, 0.2) is 0 Å². The van der Waals surface area contributed by atoms with Crippen molar-refractivity contribution >= 4 is 55.3 Å². The molecule has 0 radical (unpaired) electrons. The van der Waals surface area contributed by atoms with Crippen LogP contribution >= 0.6 is 43.5 Å². The van der Waals surface area contributed by atoms with Crippen molar-refractivity contribution in [3.8, 4) is 0 Å². The first-order chi connectivity index (χ1) is 8.47. The minimum Gasteiger partial charge on any atom is -0.353 e. The Bertz CT molecular complexity index is 462. The molecule has 5 nitrogen and oxygen atoms in total. The molecule has 0 unspecified atom stereocenters. The molecule has 1 aromatic rings. The van der Waals surface area contributed by atoms with Gasteiger partial charge in [-0.25, -0.2) is 0 Å². The highest BCUT2D eigenvalue weighted by atomic mass is 79.9. The quantitative estimate of drug-likeness (QED) is 0.582. The minimum atomic E-state index is -0.254. The van der Waals surface area contributed by atoms with Crippen LogP contribution in [0.2, 0.25) is 0 Å². The van der Waals surface area contributed by atoms with E-state index in [1.54, 1.807) is 17.7 Å². The van der Waals surface area contributed by atoms with Crippen LogP contribution in [0.25, 0.3) is 0 Å². The number of carbonyl (C=O) groups excluding carboxylic acids is 2. The van der Waals surface area contributed by atoms with Crippen LogP contribution in [0.4, 0.5) is 0 Å². The molecule has 1 heterocycles. The lowest BCUT2D eigenvalue weighted by Gasteiger charge is -2.07. The molecular weight excluding hydrogens is 389 g/mol. The molecule has 0 atom stereocenters. The van der Waals surface area contributed by atoms with E-state index in [-0.39, 0.29) is 17.7 Å². The van der Waals surface area contributed by atoms with Crippen LogP contribution in [-0.2, 0) is 11.8 Å². The number of alkyl halides is 1. The molecule has 0 fully saturated rings. The number of hydrogen-bond acceptors (Lipinski definition) is 2. The Labute approximate surface area is 127 Å². The zero-order valence-corrected chi connectivity index (χ0v) is 13.5. The predicted molar refractivity (Wildman–Crippen MR) is 76.9 cm³/mol. The van der Waals surface area contributed by atoms with Crippen LogP contribution < -0.4 is 10.6 Å². The molecular formula is C10H12Br2ClN3O2. The van der Waals surface area contributed by atoms with Gasteiger partial charge in [-0.1, -0.05) is 0 Å². The van der Waals surface area contributed by atoms with E-state index >= 15 is 0 Å². The number of nitrogens with zero attached hydrogens (tertiary/aromatic N) is 1. The lowest BCUT2D eigenvalue weighted by molar-refractivity contribution is -0.118. The number of nitrogens with one attached hydrogen (secondary N) is 2. The highest BCUT2D eigenvalue weighted by molar-refractivity contribution is 9.13. The normalized spacial score (nSPS) is 10.2. The molecule has 2 amide bonds. The molecule has 0 aliphatic carbocycles. The topological polar surface area (TPSA) is 63.1 Å². The second-order valence-electron chi connectivity index (χ2n) is 3.47. The van der Waals surface area contributed by atoms with Gasteiger partial charge >= 0.3 is 0 Å². The van der Waals surface area contributed by atoms with E-state index in [0.717, 1.165) is 9.08 Å². The molecule has 0 aromatic carbocycles. The van der Waals surface area contributed by atoms with Crippen LogP contribution in [-0.4, -0.2) is 35.4 Å². The zero-order chi connectivity index (χ0) is 13.7. The summed E-state index contributed by atoms with van der Waals surface area (Å²) in [6.07, 6.45) is 0. The summed E-state index contributed by atoms with van der Waals surface area (Å²) >= 11 is 12.0. The molecule has 0 aliphatic rings. The van der Waals surface area contributed by atoms with Gasteiger partial charge in [0.05, 0.1) is 9.08 Å². The number of rotatable bonds is 5. The highest BCUT2D eigenvalue weighted by Crippen LogP contribution is 2.25. The van der Waals surface area contributed by atoms with Crippen LogP contribution in [0.3, 0.4) is 0 Å². The van der Waals surface area contributed by atoms with Gasteiger partial charge in [0.25, 0.3) is 5.91 Å². The fourth-order valence-electron chi connectivity index (χ4n) is 1.28. The van der Waals surface area contributed by atoms with Crippen molar-refractivity contribution in [2.45, 2.75) is 0 Å². The Morgan fingerprint density at radius 1 is 1.33 bits per heavy atom. The van der Waals surface area contributed by atoms with Crippen molar-refractivity contribution in [3.63, 3.8) is 0 Å². The van der Waals surface area contributed by atoms with Crippen LogP contribution in [0.15, 0.2) is 15.1 Å². The first-order valence-electron chi connectivity index (χ1n) is 5.09. The summed E-state index contributed by atoms with van der Waals surface area (Å²) in [7, 11) is 1.78. The second kappa shape index (κ2) is 7.16. The average Bonchev–Trinajstić information content (AvgIpc) is 2.61. The van der Waals surface area contributed by atoms with Crippen molar-refractivity contribution in [3.05, 3.63) is 20.8 Å². The largest absolute Gasteiger partial charge is 0.353 e. The van der Waals surface area contributed by atoms with E-state index in [0.29, 0.717) is 18.8 Å². The van der Waals surface area contributed by atoms with Gasteiger partial charge in [-0.2, -0.15) is 0 Å². The third-order valence-electron chi connectivity index (χ3n) is 2.20. The summed E-state index contributed by atoms with van der Waals surface area (Å²) in [5.41, 5.74) is 0.525. The molecule has 2 N–H and O–H groups in total. The second-order valence-corrected chi connectivity index (χ2v) is 5.34. The molecule has 100 valence electrons. The van der Waals surface area contributed by atoms with E-state index in [1.165, 1.54) is 0 Å². The molecule has 0 bridgehead atoms. The Hall–Kier alpha value is -0.530. The molecule has 0 saturated heterocycles. The van der Waals surface area contributed by atoms with Gasteiger partial charge in [0.2, 0.25) is 5.91 Å². The van der Waals surface area contributed by atoms with E-state index in [9.17, 15) is 9.59 Å². The molecule has 8 heteroatoms. The maximum Gasteiger partial charge on any atom is 0.268 e. The van der Waals surface area contributed by atoms with Crippen molar-refractivity contribution in [2.24, 2.45) is 7.05 Å². The fraction of sp³-hybridized carbons (Fsp3) is 0.400. The van der Waals surface area contributed by atoms with Gasteiger partial charge < -0.3 is 15.2 Å². The van der Waals surface area contributed by atoms with Gasteiger partial charge in [0.1, 0.15) is 11.6 Å². The summed E-state index contributed by atoms with van der Waals surface area (Å²) < 4.78 is 3.32. The summed E-state index contributed by atoms with van der Waals surface area (Å²) in [5.74, 6) is -0.537. The Kier molecular flexibility index (Phi) is 6.17. The van der Waals surface area contributed by atoms with Gasteiger partial charge in [-0.15, -0.1) is 11.6 Å². The van der Waals surface area contributed by atoms with Crippen LogP contribution in [0.1, 0.15) is 10.5 Å². The third-order valence-corrected chi connectivity index (χ3v) is 4.54. The Balaban J connectivity index is 2.46. The molecule has 0 spiro atoms. The predicted octanol–water partition coefficient (Wildman–Crippen LogP) is 1.63. The van der Waals surface area contributed by atoms with Crippen molar-refractivity contribution in [1.29, 1.82) is 0 Å². The summed E-state index contributed by atoms with van der Waals surface area (Å²) in [5, 5.41) is 5.26. The van der Waals surface area contributed by atoms with Gasteiger partial charge in [-0.3, -0.25) is 9.59 Å². The molecule has 0 saturated carbocycles. The maximum absolute atomic E-state index is 11.8. The summed E-state index contributed by atoms with van der Waals surface area (Å²) in [4.78, 5) is 22.7. The average molecular weight is 401 g/mol. The van der Waals surface area contributed by atoms with E-state index in [2.05, 4.69) is 42.5 Å². The maximum atomic E-state index is 11.8. The molecule has 18 heavy (non-hydrogen) atoms. The SMILES string of the molecule is Cn1c(C(=O)NCCNC(=O)CCl)cc(Br)c1Br. The summed E-state index contributed by atoms with van der Waals surface area (Å²) in [6.45, 7) is 0.700. The lowest BCUT2D eigenvalue weighted by Crippen LogP contribution is -2.35. The Morgan fingerprint density at radius 3 is 2.44 bits per heavy atom. The highest BCUT2D eigenvalue weighted by Gasteiger charge is 2.14. The van der Waals surface area contributed by atoms with Crippen LogP contribution in [0, 0.1) is 0 Å². The van der Waals surface area contributed by atoms with Crippen molar-refractivity contribution < 1.29 is 9.59 Å².